The lowest BCUT2D eigenvalue weighted by Crippen LogP contribution is -2.57. The number of carbonyl (C=O) groups is 3. The Morgan fingerprint density at radius 3 is 2.62 bits per heavy atom. The van der Waals surface area contributed by atoms with Crippen LogP contribution in [0.2, 0.25) is 0 Å². The van der Waals surface area contributed by atoms with Gasteiger partial charge in [-0.2, -0.15) is 0 Å². The van der Waals surface area contributed by atoms with Crippen LogP contribution in [-0.2, 0) is 33.3 Å². The fourth-order valence-corrected chi connectivity index (χ4v) is 7.74. The fourth-order valence-electron chi connectivity index (χ4n) is 7.74. The predicted octanol–water partition coefficient (Wildman–Crippen LogP) is 0.548. The van der Waals surface area contributed by atoms with Gasteiger partial charge in [0.05, 0.1) is 31.0 Å². The minimum absolute atomic E-state index is 0.00806. The molecule has 0 aromatic carbocycles. The Morgan fingerprint density at radius 1 is 1.12 bits per heavy atom. The second kappa shape index (κ2) is 4.43. The summed E-state index contributed by atoms with van der Waals surface area (Å²) >= 11 is 0. The summed E-state index contributed by atoms with van der Waals surface area (Å²) in [5.41, 5.74) is -0.719. The first kappa shape index (κ1) is 15.4. The Balaban J connectivity index is 1.46. The van der Waals surface area contributed by atoms with E-state index in [1.54, 1.807) is 0 Å². The Hall–Kier alpha value is -1.63. The van der Waals surface area contributed by atoms with Crippen LogP contribution in [0.25, 0.3) is 0 Å². The fraction of sp³-hybridized carbons (Fsp3) is 0.842. The third-order valence-electron chi connectivity index (χ3n) is 8.58. The van der Waals surface area contributed by atoms with E-state index in [0.717, 1.165) is 6.42 Å². The van der Waals surface area contributed by atoms with Crippen LogP contribution in [0, 0.1) is 47.3 Å². The minimum Gasteiger partial charge on any atom is -0.469 e. The normalized spacial score (nSPS) is 60.5. The maximum absolute atomic E-state index is 12.8. The summed E-state index contributed by atoms with van der Waals surface area (Å²) in [6.45, 7) is 4.11. The van der Waals surface area contributed by atoms with Gasteiger partial charge in [0.2, 0.25) is 0 Å². The molecule has 0 radical (unpaired) electrons. The van der Waals surface area contributed by atoms with E-state index < -0.39 is 17.4 Å². The van der Waals surface area contributed by atoms with Crippen molar-refractivity contribution in [2.45, 2.75) is 44.2 Å². The summed E-state index contributed by atoms with van der Waals surface area (Å²) in [5.74, 6) is -2.17. The molecule has 0 N–H and O–H groups in total. The van der Waals surface area contributed by atoms with E-state index in [1.807, 2.05) is 0 Å². The zero-order valence-corrected chi connectivity index (χ0v) is 14.9. The van der Waals surface area contributed by atoms with E-state index in [9.17, 15) is 14.4 Å². The summed E-state index contributed by atoms with van der Waals surface area (Å²) < 4.78 is 22.8. The third-order valence-corrected chi connectivity index (χ3v) is 8.58. The molecule has 12 atom stereocenters. The second-order valence-electron chi connectivity index (χ2n) is 9.02. The topological polar surface area (TPSA) is 88.1 Å². The van der Waals surface area contributed by atoms with Crippen molar-refractivity contribution < 1.29 is 33.3 Å². The quantitative estimate of drug-likeness (QED) is 0.523. The van der Waals surface area contributed by atoms with Crippen LogP contribution in [0.15, 0.2) is 0 Å². The van der Waals surface area contributed by atoms with Crippen molar-refractivity contribution >= 4 is 17.9 Å². The standard InChI is InChI=1S/C19H22O7/c1-5-13-12(11-15(24-13)14(5)25-17(11)21)19-6(2)7-4-8(19)10(18(22)26-19)9(7)16(20)23-3/h5-15H,4H2,1-3H3/t5-,6-,7?,8?,9?,10?,11?,12?,13?,14?,15?,19?/m1/s1. The molecule has 0 aromatic rings. The van der Waals surface area contributed by atoms with Crippen LogP contribution < -0.4 is 0 Å². The van der Waals surface area contributed by atoms with E-state index in [0.29, 0.717) is 0 Å². The van der Waals surface area contributed by atoms with Gasteiger partial charge in [0.1, 0.15) is 17.8 Å². The number of hydrogen-bond donors (Lipinski definition) is 0. The smallest absolute Gasteiger partial charge is 0.312 e. The number of rotatable bonds is 2. The average molecular weight is 362 g/mol. The van der Waals surface area contributed by atoms with Crippen LogP contribution >= 0.6 is 0 Å². The van der Waals surface area contributed by atoms with Crippen molar-refractivity contribution in [1.82, 2.24) is 0 Å². The molecule has 4 aliphatic heterocycles. The molecule has 7 nitrogen and oxygen atoms in total. The van der Waals surface area contributed by atoms with Gasteiger partial charge in [-0.25, -0.2) is 0 Å². The van der Waals surface area contributed by atoms with Crippen LogP contribution in [0.1, 0.15) is 20.3 Å². The summed E-state index contributed by atoms with van der Waals surface area (Å²) in [6.07, 6.45) is 0.244. The molecule has 4 heterocycles. The average Bonchev–Trinajstić information content (AvgIpc) is 3.38. The first-order chi connectivity index (χ1) is 12.4. The number of esters is 3. The molecule has 6 aliphatic rings. The molecule has 6 rings (SSSR count). The molecule has 4 saturated heterocycles. The van der Waals surface area contributed by atoms with E-state index in [1.165, 1.54) is 7.11 Å². The van der Waals surface area contributed by atoms with Crippen molar-refractivity contribution in [1.29, 1.82) is 0 Å². The van der Waals surface area contributed by atoms with Crippen molar-refractivity contribution in [2.24, 2.45) is 47.3 Å². The molecule has 26 heavy (non-hydrogen) atoms. The molecule has 0 amide bonds. The Kier molecular flexibility index (Phi) is 2.63. The van der Waals surface area contributed by atoms with Gasteiger partial charge < -0.3 is 18.9 Å². The molecule has 4 bridgehead atoms. The minimum atomic E-state index is -0.719. The highest BCUT2D eigenvalue weighted by molar-refractivity contribution is 5.87. The van der Waals surface area contributed by atoms with E-state index in [4.69, 9.17) is 18.9 Å². The number of hydrogen-bond acceptors (Lipinski definition) is 7. The Labute approximate surface area is 150 Å². The summed E-state index contributed by atoms with van der Waals surface area (Å²) in [7, 11) is 1.37. The van der Waals surface area contributed by atoms with Crippen molar-refractivity contribution in [3.63, 3.8) is 0 Å². The van der Waals surface area contributed by atoms with Crippen LogP contribution in [0.5, 0.6) is 0 Å². The van der Waals surface area contributed by atoms with Gasteiger partial charge in [0.15, 0.2) is 0 Å². The lowest BCUT2D eigenvalue weighted by atomic mass is 9.57. The lowest BCUT2D eigenvalue weighted by Gasteiger charge is -2.46. The largest absolute Gasteiger partial charge is 0.469 e. The van der Waals surface area contributed by atoms with Crippen molar-refractivity contribution in [2.75, 3.05) is 7.11 Å². The zero-order valence-electron chi connectivity index (χ0n) is 14.9. The number of carbonyl (C=O) groups excluding carboxylic acids is 3. The van der Waals surface area contributed by atoms with Gasteiger partial charge in [0, 0.05) is 23.7 Å². The van der Waals surface area contributed by atoms with Gasteiger partial charge in [-0.15, -0.1) is 0 Å². The van der Waals surface area contributed by atoms with E-state index in [2.05, 4.69) is 13.8 Å². The SMILES string of the molecule is COC(=O)C1C2C(=O)OC3(C4C5C(=O)OC6C5OC4[C@H]6C)C2CC1[C@H]3C. The summed E-state index contributed by atoms with van der Waals surface area (Å²) in [5, 5.41) is 0. The van der Waals surface area contributed by atoms with Gasteiger partial charge in [-0.3, -0.25) is 14.4 Å². The van der Waals surface area contributed by atoms with E-state index in [-0.39, 0.29) is 71.7 Å². The Morgan fingerprint density at radius 2 is 1.88 bits per heavy atom. The summed E-state index contributed by atoms with van der Waals surface area (Å²) in [4.78, 5) is 37.7. The molecule has 0 spiro atoms. The zero-order chi connectivity index (χ0) is 18.1. The van der Waals surface area contributed by atoms with Gasteiger partial charge in [-0.05, 0) is 12.3 Å². The highest BCUT2D eigenvalue weighted by Crippen LogP contribution is 2.72. The number of fused-ring (bicyclic) bond motifs is 2. The molecule has 6 fully saturated rings. The van der Waals surface area contributed by atoms with E-state index >= 15 is 0 Å². The first-order valence-electron chi connectivity index (χ1n) is 9.58. The number of methoxy groups -OCH3 is 1. The highest BCUT2D eigenvalue weighted by atomic mass is 16.6. The Bertz CT molecular complexity index is 748. The number of ether oxygens (including phenoxy) is 4. The second-order valence-corrected chi connectivity index (χ2v) is 9.02. The van der Waals surface area contributed by atoms with Crippen molar-refractivity contribution in [3.05, 3.63) is 0 Å². The molecule has 7 heteroatoms. The van der Waals surface area contributed by atoms with Crippen LogP contribution in [0.4, 0.5) is 0 Å². The lowest BCUT2D eigenvalue weighted by molar-refractivity contribution is -0.168. The third kappa shape index (κ3) is 1.34. The molecule has 140 valence electrons. The van der Waals surface area contributed by atoms with Gasteiger partial charge in [-0.1, -0.05) is 13.8 Å². The molecule has 10 unspecified atom stereocenters. The molecular formula is C19H22O7. The first-order valence-corrected chi connectivity index (χ1v) is 9.58. The molecule has 0 aromatic heterocycles. The molecule has 2 aliphatic carbocycles. The van der Waals surface area contributed by atoms with Gasteiger partial charge >= 0.3 is 17.9 Å². The molecule has 2 saturated carbocycles. The molecular weight excluding hydrogens is 340 g/mol. The predicted molar refractivity (Wildman–Crippen MR) is 83.3 cm³/mol. The van der Waals surface area contributed by atoms with Crippen molar-refractivity contribution in [3.8, 4) is 0 Å². The highest BCUT2D eigenvalue weighted by Gasteiger charge is 2.82. The van der Waals surface area contributed by atoms with Crippen LogP contribution in [0.3, 0.4) is 0 Å². The maximum atomic E-state index is 12.8. The van der Waals surface area contributed by atoms with Crippen LogP contribution in [-0.4, -0.2) is 48.9 Å². The monoisotopic (exact) mass is 362 g/mol. The van der Waals surface area contributed by atoms with Gasteiger partial charge in [0.25, 0.3) is 0 Å². The maximum Gasteiger partial charge on any atom is 0.312 e. The summed E-state index contributed by atoms with van der Waals surface area (Å²) in [6, 6.07) is 0.